The van der Waals surface area contributed by atoms with Gasteiger partial charge >= 0.3 is 0 Å². The third-order valence-electron chi connectivity index (χ3n) is 3.10. The largest absolute Gasteiger partial charge is 0.496 e. The van der Waals surface area contributed by atoms with Crippen molar-refractivity contribution < 1.29 is 14.3 Å². The molecule has 0 saturated heterocycles. The van der Waals surface area contributed by atoms with Crippen LogP contribution in [0.5, 0.6) is 5.75 Å². The van der Waals surface area contributed by atoms with Crippen LogP contribution in [0.2, 0.25) is 0 Å². The lowest BCUT2D eigenvalue weighted by Gasteiger charge is -2.24. The zero-order valence-corrected chi connectivity index (χ0v) is 12.8. The van der Waals surface area contributed by atoms with E-state index in [0.29, 0.717) is 6.54 Å². The average molecular weight is 293 g/mol. The molecule has 0 aliphatic carbocycles. The van der Waals surface area contributed by atoms with Crippen molar-refractivity contribution in [2.24, 2.45) is 5.73 Å². The van der Waals surface area contributed by atoms with Crippen LogP contribution >= 0.6 is 0 Å². The molecule has 0 radical (unpaired) electrons. The van der Waals surface area contributed by atoms with Crippen molar-refractivity contribution in [3.05, 3.63) is 29.8 Å². The molecule has 0 heterocycles. The smallest absolute Gasteiger partial charge is 0.234 e. The van der Waals surface area contributed by atoms with Gasteiger partial charge in [0.25, 0.3) is 0 Å². The molecular formula is C15H23N3O3. The summed E-state index contributed by atoms with van der Waals surface area (Å²) in [7, 11) is 1.59. The standard InChI is InChI=1S/C15H23N3O3/c1-11(2)18(9-14(16)19)10-15(20)17-8-12-6-4-5-7-13(12)21-3/h4-7,11H,8-10H2,1-3H3,(H2,16,19)(H,17,20). The number of ether oxygens (including phenoxy) is 1. The Balaban J connectivity index is 2.54. The van der Waals surface area contributed by atoms with Crippen molar-refractivity contribution in [3.8, 4) is 5.75 Å². The SMILES string of the molecule is COc1ccccc1CNC(=O)CN(CC(N)=O)C(C)C. The molecule has 21 heavy (non-hydrogen) atoms. The Morgan fingerprint density at radius 2 is 1.95 bits per heavy atom. The molecule has 0 aliphatic heterocycles. The number of methoxy groups -OCH3 is 1. The van der Waals surface area contributed by atoms with Gasteiger partial charge in [-0.15, -0.1) is 0 Å². The maximum atomic E-state index is 12.0. The van der Waals surface area contributed by atoms with E-state index in [4.69, 9.17) is 10.5 Å². The maximum absolute atomic E-state index is 12.0. The van der Waals surface area contributed by atoms with Crippen LogP contribution in [0.25, 0.3) is 0 Å². The average Bonchev–Trinajstić information content (AvgIpc) is 2.44. The number of hydrogen-bond acceptors (Lipinski definition) is 4. The summed E-state index contributed by atoms with van der Waals surface area (Å²) in [4.78, 5) is 24.7. The number of carbonyl (C=O) groups is 2. The van der Waals surface area contributed by atoms with E-state index in [2.05, 4.69) is 5.32 Å². The lowest BCUT2D eigenvalue weighted by Crippen LogP contribution is -2.44. The van der Waals surface area contributed by atoms with Crippen molar-refractivity contribution in [1.29, 1.82) is 0 Å². The van der Waals surface area contributed by atoms with E-state index in [0.717, 1.165) is 11.3 Å². The molecule has 0 bridgehead atoms. The van der Waals surface area contributed by atoms with Gasteiger partial charge in [-0.3, -0.25) is 14.5 Å². The van der Waals surface area contributed by atoms with Gasteiger partial charge in [0, 0.05) is 18.2 Å². The highest BCUT2D eigenvalue weighted by molar-refractivity contribution is 5.80. The van der Waals surface area contributed by atoms with E-state index in [1.807, 2.05) is 38.1 Å². The van der Waals surface area contributed by atoms with Crippen LogP contribution in [0.4, 0.5) is 0 Å². The first kappa shape index (κ1) is 17.0. The van der Waals surface area contributed by atoms with Crippen LogP contribution in [0.3, 0.4) is 0 Å². The second-order valence-corrected chi connectivity index (χ2v) is 5.05. The molecular weight excluding hydrogens is 270 g/mol. The molecule has 1 aromatic rings. The molecule has 1 aromatic carbocycles. The number of nitrogens with two attached hydrogens (primary N) is 1. The number of benzene rings is 1. The fourth-order valence-electron chi connectivity index (χ4n) is 1.90. The highest BCUT2D eigenvalue weighted by Crippen LogP contribution is 2.16. The van der Waals surface area contributed by atoms with Crippen LogP contribution in [0, 0.1) is 0 Å². The molecule has 116 valence electrons. The number of rotatable bonds is 8. The highest BCUT2D eigenvalue weighted by atomic mass is 16.5. The van der Waals surface area contributed by atoms with Crippen molar-refractivity contribution >= 4 is 11.8 Å². The summed E-state index contributed by atoms with van der Waals surface area (Å²) in [5.41, 5.74) is 6.08. The van der Waals surface area contributed by atoms with E-state index in [1.165, 1.54) is 0 Å². The summed E-state index contributed by atoms with van der Waals surface area (Å²) in [5, 5.41) is 2.82. The summed E-state index contributed by atoms with van der Waals surface area (Å²) in [5.74, 6) is 0.132. The zero-order valence-electron chi connectivity index (χ0n) is 12.8. The summed E-state index contributed by atoms with van der Waals surface area (Å²) in [6.45, 7) is 4.41. The number of amides is 2. The van der Waals surface area contributed by atoms with Crippen molar-refractivity contribution in [1.82, 2.24) is 10.2 Å². The van der Waals surface area contributed by atoms with Gasteiger partial charge in [-0.05, 0) is 19.9 Å². The van der Waals surface area contributed by atoms with Crippen LogP contribution in [-0.2, 0) is 16.1 Å². The molecule has 0 unspecified atom stereocenters. The van der Waals surface area contributed by atoms with E-state index in [-0.39, 0.29) is 25.0 Å². The van der Waals surface area contributed by atoms with Crippen LogP contribution in [-0.4, -0.2) is 43.0 Å². The predicted octanol–water partition coefficient (Wildman–Crippen LogP) is 0.507. The van der Waals surface area contributed by atoms with E-state index < -0.39 is 5.91 Å². The number of nitrogens with zero attached hydrogens (tertiary/aromatic N) is 1. The second kappa shape index (κ2) is 8.26. The molecule has 2 amide bonds. The molecule has 0 spiro atoms. The Bertz CT molecular complexity index is 489. The van der Waals surface area contributed by atoms with Crippen molar-refractivity contribution in [2.45, 2.75) is 26.4 Å². The lowest BCUT2D eigenvalue weighted by molar-refractivity contribution is -0.124. The van der Waals surface area contributed by atoms with Gasteiger partial charge in [-0.25, -0.2) is 0 Å². The molecule has 0 aromatic heterocycles. The lowest BCUT2D eigenvalue weighted by atomic mass is 10.2. The van der Waals surface area contributed by atoms with E-state index in [9.17, 15) is 9.59 Å². The minimum Gasteiger partial charge on any atom is -0.496 e. The van der Waals surface area contributed by atoms with Crippen LogP contribution < -0.4 is 15.8 Å². The number of carbonyl (C=O) groups excluding carboxylic acids is 2. The van der Waals surface area contributed by atoms with Gasteiger partial charge in [0.1, 0.15) is 5.75 Å². The van der Waals surface area contributed by atoms with Crippen LogP contribution in [0.15, 0.2) is 24.3 Å². The summed E-state index contributed by atoms with van der Waals surface area (Å²) >= 11 is 0. The second-order valence-electron chi connectivity index (χ2n) is 5.05. The van der Waals surface area contributed by atoms with Gasteiger partial charge in [0.2, 0.25) is 11.8 Å². The molecule has 0 aliphatic rings. The first-order valence-electron chi connectivity index (χ1n) is 6.85. The fourth-order valence-corrected chi connectivity index (χ4v) is 1.90. The Morgan fingerprint density at radius 1 is 1.29 bits per heavy atom. The monoisotopic (exact) mass is 293 g/mol. The zero-order chi connectivity index (χ0) is 15.8. The quantitative estimate of drug-likeness (QED) is 0.731. The number of nitrogens with one attached hydrogen (secondary N) is 1. The fraction of sp³-hybridized carbons (Fsp3) is 0.467. The Labute approximate surface area is 125 Å². The van der Waals surface area contributed by atoms with E-state index >= 15 is 0 Å². The summed E-state index contributed by atoms with van der Waals surface area (Å²) < 4.78 is 5.23. The molecule has 0 fully saturated rings. The summed E-state index contributed by atoms with van der Waals surface area (Å²) in [6.07, 6.45) is 0. The minimum atomic E-state index is -0.443. The van der Waals surface area contributed by atoms with Crippen molar-refractivity contribution in [3.63, 3.8) is 0 Å². The third kappa shape index (κ3) is 5.83. The molecule has 6 nitrogen and oxygen atoms in total. The van der Waals surface area contributed by atoms with Crippen LogP contribution in [0.1, 0.15) is 19.4 Å². The Kier molecular flexibility index (Phi) is 6.68. The Hall–Kier alpha value is -2.08. The number of hydrogen-bond donors (Lipinski definition) is 2. The number of primary amides is 1. The van der Waals surface area contributed by atoms with Gasteiger partial charge in [-0.1, -0.05) is 18.2 Å². The molecule has 6 heteroatoms. The number of para-hydroxylation sites is 1. The molecule has 3 N–H and O–H groups in total. The van der Waals surface area contributed by atoms with Gasteiger partial charge in [0.05, 0.1) is 20.2 Å². The summed E-state index contributed by atoms with van der Waals surface area (Å²) in [6, 6.07) is 7.56. The highest BCUT2D eigenvalue weighted by Gasteiger charge is 2.16. The van der Waals surface area contributed by atoms with Gasteiger partial charge < -0.3 is 15.8 Å². The first-order valence-corrected chi connectivity index (χ1v) is 6.85. The van der Waals surface area contributed by atoms with Gasteiger partial charge in [-0.2, -0.15) is 0 Å². The normalized spacial score (nSPS) is 10.7. The maximum Gasteiger partial charge on any atom is 0.234 e. The van der Waals surface area contributed by atoms with E-state index in [1.54, 1.807) is 12.0 Å². The topological polar surface area (TPSA) is 84.7 Å². The van der Waals surface area contributed by atoms with Crippen molar-refractivity contribution in [2.75, 3.05) is 20.2 Å². The third-order valence-corrected chi connectivity index (χ3v) is 3.10. The minimum absolute atomic E-state index is 0.0644. The Morgan fingerprint density at radius 3 is 2.52 bits per heavy atom. The molecule has 0 saturated carbocycles. The molecule has 0 atom stereocenters. The van der Waals surface area contributed by atoms with Gasteiger partial charge in [0.15, 0.2) is 0 Å². The first-order chi connectivity index (χ1) is 9.93. The molecule has 1 rings (SSSR count). The predicted molar refractivity (Wildman–Crippen MR) is 80.7 cm³/mol.